The number of methoxy groups -OCH3 is 1. The highest BCUT2D eigenvalue weighted by Crippen LogP contribution is 2.30. The lowest BCUT2D eigenvalue weighted by molar-refractivity contribution is -0.119. The molecule has 1 aromatic carbocycles. The van der Waals surface area contributed by atoms with Crippen molar-refractivity contribution in [3.05, 3.63) is 28.8 Å². The number of rotatable bonds is 4. The first-order valence-electron chi connectivity index (χ1n) is 6.92. The Morgan fingerprint density at radius 1 is 1.38 bits per heavy atom. The van der Waals surface area contributed by atoms with Crippen LogP contribution in [0.2, 0.25) is 0 Å². The molecule has 0 fully saturated rings. The molecule has 1 aromatic rings. The van der Waals surface area contributed by atoms with E-state index in [0.29, 0.717) is 23.2 Å². The fourth-order valence-electron chi connectivity index (χ4n) is 2.38. The van der Waals surface area contributed by atoms with Gasteiger partial charge in [0.25, 0.3) is 5.91 Å². The molecule has 0 saturated heterocycles. The van der Waals surface area contributed by atoms with Crippen molar-refractivity contribution in [1.29, 1.82) is 0 Å². The van der Waals surface area contributed by atoms with Crippen molar-refractivity contribution in [2.45, 2.75) is 33.1 Å². The van der Waals surface area contributed by atoms with Gasteiger partial charge in [-0.25, -0.2) is 4.99 Å². The molecule has 0 saturated carbocycles. The topological polar surface area (TPSA) is 41.9 Å². The van der Waals surface area contributed by atoms with Crippen LogP contribution < -0.4 is 4.74 Å². The predicted molar refractivity (Wildman–Crippen MR) is 88.3 cm³/mol. The first-order chi connectivity index (χ1) is 9.85. The van der Waals surface area contributed by atoms with Crippen LogP contribution >= 0.6 is 12.2 Å². The minimum absolute atomic E-state index is 0.110. The Balaban J connectivity index is 2.37. The molecule has 2 rings (SSSR count). The number of carbonyl (C=O) groups excluding carboxylic acids is 1. The van der Waals surface area contributed by atoms with Gasteiger partial charge in [0.05, 0.1) is 7.11 Å². The largest absolute Gasteiger partial charge is 0.496 e. The second-order valence-corrected chi connectivity index (χ2v) is 5.92. The first kappa shape index (κ1) is 15.6. The standard InChI is InChI=1S/C16H20N2O2S/c1-9(2)12-7-11(10(3)6-14(12)20-5)8-13-15(19)18(4)16(21)17-13/h6-7,9H,8H2,1-5H3. The van der Waals surface area contributed by atoms with Crippen LogP contribution in [0.4, 0.5) is 0 Å². The molecule has 0 unspecified atom stereocenters. The van der Waals surface area contributed by atoms with Crippen LogP contribution in [0.25, 0.3) is 0 Å². The number of aryl methyl sites for hydroxylation is 1. The summed E-state index contributed by atoms with van der Waals surface area (Å²) >= 11 is 5.05. The van der Waals surface area contributed by atoms with Crippen molar-refractivity contribution in [1.82, 2.24) is 4.90 Å². The van der Waals surface area contributed by atoms with Gasteiger partial charge in [-0.3, -0.25) is 9.69 Å². The molecule has 5 heteroatoms. The number of aliphatic imine (C=N–C) groups is 1. The monoisotopic (exact) mass is 304 g/mol. The Morgan fingerprint density at radius 2 is 2.05 bits per heavy atom. The van der Waals surface area contributed by atoms with Crippen LogP contribution in [0.1, 0.15) is 36.5 Å². The molecule has 21 heavy (non-hydrogen) atoms. The number of hydrogen-bond donors (Lipinski definition) is 0. The Kier molecular flexibility index (Phi) is 4.42. The molecule has 0 bridgehead atoms. The third kappa shape index (κ3) is 2.97. The number of nitrogens with zero attached hydrogens (tertiary/aromatic N) is 2. The molecule has 1 amide bonds. The Bertz CT molecular complexity index is 635. The van der Waals surface area contributed by atoms with E-state index in [0.717, 1.165) is 22.4 Å². The van der Waals surface area contributed by atoms with E-state index in [1.807, 2.05) is 13.0 Å². The molecule has 1 aliphatic heterocycles. The number of carbonyl (C=O) groups is 1. The van der Waals surface area contributed by atoms with Gasteiger partial charge in [-0.1, -0.05) is 19.9 Å². The molecule has 1 heterocycles. The lowest BCUT2D eigenvalue weighted by Gasteiger charge is -2.16. The zero-order valence-electron chi connectivity index (χ0n) is 13.1. The van der Waals surface area contributed by atoms with E-state index in [4.69, 9.17) is 17.0 Å². The third-order valence-corrected chi connectivity index (χ3v) is 4.10. The molecule has 0 radical (unpaired) electrons. The number of hydrogen-bond acceptors (Lipinski definition) is 3. The fraction of sp³-hybridized carbons (Fsp3) is 0.438. The molecular weight excluding hydrogens is 284 g/mol. The van der Waals surface area contributed by atoms with Gasteiger partial charge in [-0.2, -0.15) is 0 Å². The average Bonchev–Trinajstić information content (AvgIpc) is 2.67. The maximum absolute atomic E-state index is 12.1. The third-order valence-electron chi connectivity index (χ3n) is 3.74. The predicted octanol–water partition coefficient (Wildman–Crippen LogP) is 2.87. The summed E-state index contributed by atoms with van der Waals surface area (Å²) in [4.78, 5) is 17.7. The SMILES string of the molecule is COc1cc(C)c(CC2=NC(=S)N(C)C2=O)cc1C(C)C. The van der Waals surface area contributed by atoms with Crippen molar-refractivity contribution >= 4 is 28.9 Å². The molecule has 1 aliphatic rings. The second kappa shape index (κ2) is 5.93. The van der Waals surface area contributed by atoms with E-state index < -0.39 is 0 Å². The highest BCUT2D eigenvalue weighted by Gasteiger charge is 2.27. The van der Waals surface area contributed by atoms with Crippen LogP contribution in [0.15, 0.2) is 17.1 Å². The molecule has 0 aliphatic carbocycles. The zero-order valence-corrected chi connectivity index (χ0v) is 13.9. The van der Waals surface area contributed by atoms with E-state index in [1.54, 1.807) is 14.2 Å². The quantitative estimate of drug-likeness (QED) is 0.803. The van der Waals surface area contributed by atoms with Crippen molar-refractivity contribution in [2.75, 3.05) is 14.2 Å². The van der Waals surface area contributed by atoms with Gasteiger partial charge in [0, 0.05) is 13.5 Å². The van der Waals surface area contributed by atoms with Gasteiger partial charge in [-0.15, -0.1) is 0 Å². The summed E-state index contributed by atoms with van der Waals surface area (Å²) in [6, 6.07) is 4.13. The van der Waals surface area contributed by atoms with Crippen LogP contribution in [0.3, 0.4) is 0 Å². The molecule has 0 atom stereocenters. The van der Waals surface area contributed by atoms with Gasteiger partial charge < -0.3 is 4.74 Å². The Hall–Kier alpha value is -1.75. The highest BCUT2D eigenvalue weighted by molar-refractivity contribution is 7.80. The van der Waals surface area contributed by atoms with E-state index in [9.17, 15) is 4.79 Å². The lowest BCUT2D eigenvalue weighted by Crippen LogP contribution is -2.29. The van der Waals surface area contributed by atoms with E-state index in [2.05, 4.69) is 24.9 Å². The zero-order chi connectivity index (χ0) is 15.7. The van der Waals surface area contributed by atoms with Crippen LogP contribution in [-0.2, 0) is 11.2 Å². The number of thiocarbonyl (C=S) groups is 1. The highest BCUT2D eigenvalue weighted by atomic mass is 32.1. The smallest absolute Gasteiger partial charge is 0.274 e. The summed E-state index contributed by atoms with van der Waals surface area (Å²) < 4.78 is 5.44. The maximum atomic E-state index is 12.1. The molecule has 112 valence electrons. The second-order valence-electron chi connectivity index (χ2n) is 5.56. The van der Waals surface area contributed by atoms with Gasteiger partial charge >= 0.3 is 0 Å². The molecular formula is C16H20N2O2S. The molecule has 0 aromatic heterocycles. The van der Waals surface area contributed by atoms with Crippen LogP contribution in [-0.4, -0.2) is 35.8 Å². The van der Waals surface area contributed by atoms with Crippen LogP contribution in [0.5, 0.6) is 5.75 Å². The summed E-state index contributed by atoms with van der Waals surface area (Å²) in [6.45, 7) is 6.26. The minimum atomic E-state index is -0.110. The summed E-state index contributed by atoms with van der Waals surface area (Å²) in [7, 11) is 3.33. The van der Waals surface area contributed by atoms with Gasteiger partial charge in [0.2, 0.25) is 5.11 Å². The van der Waals surface area contributed by atoms with Gasteiger partial charge in [0.1, 0.15) is 11.5 Å². The molecule has 0 N–H and O–H groups in total. The van der Waals surface area contributed by atoms with Crippen molar-refractivity contribution < 1.29 is 9.53 Å². The van der Waals surface area contributed by atoms with E-state index in [1.165, 1.54) is 4.90 Å². The minimum Gasteiger partial charge on any atom is -0.496 e. The summed E-state index contributed by atoms with van der Waals surface area (Å²) in [6.07, 6.45) is 0.499. The van der Waals surface area contributed by atoms with Crippen molar-refractivity contribution in [3.63, 3.8) is 0 Å². The van der Waals surface area contributed by atoms with E-state index in [-0.39, 0.29) is 5.91 Å². The first-order valence-corrected chi connectivity index (χ1v) is 7.33. The lowest BCUT2D eigenvalue weighted by atomic mass is 9.94. The Labute approximate surface area is 130 Å². The summed E-state index contributed by atoms with van der Waals surface area (Å²) in [5.74, 6) is 1.13. The number of benzene rings is 1. The summed E-state index contributed by atoms with van der Waals surface area (Å²) in [5.41, 5.74) is 3.82. The van der Waals surface area contributed by atoms with Crippen molar-refractivity contribution in [2.24, 2.45) is 4.99 Å². The fourth-order valence-corrected chi connectivity index (χ4v) is 2.57. The normalized spacial score (nSPS) is 15.0. The van der Waals surface area contributed by atoms with Gasteiger partial charge in [-0.05, 0) is 47.8 Å². The summed E-state index contributed by atoms with van der Waals surface area (Å²) in [5, 5.41) is 0.338. The molecule has 0 spiro atoms. The van der Waals surface area contributed by atoms with Crippen LogP contribution in [0, 0.1) is 6.92 Å². The molecule has 4 nitrogen and oxygen atoms in total. The Morgan fingerprint density at radius 3 is 2.52 bits per heavy atom. The van der Waals surface area contributed by atoms with Gasteiger partial charge in [0.15, 0.2) is 0 Å². The number of amides is 1. The van der Waals surface area contributed by atoms with E-state index >= 15 is 0 Å². The average molecular weight is 304 g/mol. The maximum Gasteiger partial charge on any atom is 0.274 e. The van der Waals surface area contributed by atoms with Crippen molar-refractivity contribution in [3.8, 4) is 5.75 Å². The number of ether oxygens (including phenoxy) is 1.